The molecule has 0 radical (unpaired) electrons. The van der Waals surface area contributed by atoms with E-state index in [0.29, 0.717) is 17.1 Å². The van der Waals surface area contributed by atoms with E-state index in [2.05, 4.69) is 17.3 Å². The maximum absolute atomic E-state index is 13.6. The quantitative estimate of drug-likeness (QED) is 0.127. The number of rotatable bonds is 15. The molecule has 4 rings (SSSR count). The van der Waals surface area contributed by atoms with Gasteiger partial charge >= 0.3 is 0 Å². The van der Waals surface area contributed by atoms with Crippen LogP contribution < -0.4 is 15.8 Å². The van der Waals surface area contributed by atoms with Gasteiger partial charge in [-0.05, 0) is 36.6 Å². The molecule has 230 valence electrons. The van der Waals surface area contributed by atoms with Crippen molar-refractivity contribution in [1.82, 2.24) is 9.78 Å². The molecule has 0 aliphatic carbocycles. The molecule has 3 aromatic rings. The van der Waals surface area contributed by atoms with Gasteiger partial charge in [-0.1, -0.05) is 112 Å². The van der Waals surface area contributed by atoms with Crippen LogP contribution in [0, 0.1) is 0 Å². The second-order valence-electron chi connectivity index (χ2n) is 10.9. The summed E-state index contributed by atoms with van der Waals surface area (Å²) < 4.78 is 1.10. The zero-order valence-electron chi connectivity index (χ0n) is 24.3. The summed E-state index contributed by atoms with van der Waals surface area (Å²) in [5.41, 5.74) is 0.923. The zero-order chi connectivity index (χ0) is 30.9. The van der Waals surface area contributed by atoms with Crippen molar-refractivity contribution in [2.24, 2.45) is 0 Å². The summed E-state index contributed by atoms with van der Waals surface area (Å²) in [4.78, 5) is 53.1. The Morgan fingerprint density at radius 3 is 2.00 bits per heavy atom. The summed E-state index contributed by atoms with van der Waals surface area (Å²) in [6.07, 6.45) is 12.7. The first-order chi connectivity index (χ1) is 20.7. The fourth-order valence-electron chi connectivity index (χ4n) is 5.43. The minimum absolute atomic E-state index is 0.0854. The van der Waals surface area contributed by atoms with Crippen molar-refractivity contribution in [1.29, 1.82) is 0 Å². The molecule has 3 amide bonds. The number of aryl methyl sites for hydroxylation is 1. The summed E-state index contributed by atoms with van der Waals surface area (Å²) in [7, 11) is 0. The SMILES string of the molecule is CCCCCCCCCCCCc1cccc(C(=O)Nc2cc(=O)n(-c3c(Cl)cc(Cl)cc3Cl)[nH]2)c1N1C(=O)CCC1=O. The number of unbranched alkanes of at least 4 members (excludes halogenated alkanes) is 9. The number of anilines is 2. The third-order valence-electron chi connectivity index (χ3n) is 7.61. The van der Waals surface area contributed by atoms with E-state index in [4.69, 9.17) is 34.8 Å². The number of hydrogen-bond acceptors (Lipinski definition) is 4. The number of benzene rings is 2. The Balaban J connectivity index is 1.50. The number of nitrogens with zero attached hydrogens (tertiary/aromatic N) is 2. The van der Waals surface area contributed by atoms with E-state index in [1.165, 1.54) is 63.1 Å². The molecule has 43 heavy (non-hydrogen) atoms. The van der Waals surface area contributed by atoms with Crippen LogP contribution >= 0.6 is 34.8 Å². The Hall–Kier alpha value is -3.07. The van der Waals surface area contributed by atoms with Gasteiger partial charge in [0.1, 0.15) is 11.5 Å². The predicted molar refractivity (Wildman–Crippen MR) is 173 cm³/mol. The van der Waals surface area contributed by atoms with Gasteiger partial charge in [-0.3, -0.25) is 24.3 Å². The second-order valence-corrected chi connectivity index (χ2v) is 12.1. The molecule has 1 fully saturated rings. The van der Waals surface area contributed by atoms with Crippen LogP contribution in [-0.4, -0.2) is 27.5 Å². The topological polar surface area (TPSA) is 104 Å². The first-order valence-electron chi connectivity index (χ1n) is 15.0. The maximum Gasteiger partial charge on any atom is 0.273 e. The number of aromatic nitrogens is 2. The molecule has 2 heterocycles. The molecule has 2 N–H and O–H groups in total. The highest BCUT2D eigenvalue weighted by molar-refractivity contribution is 6.40. The van der Waals surface area contributed by atoms with Crippen LogP contribution in [-0.2, 0) is 16.0 Å². The van der Waals surface area contributed by atoms with E-state index >= 15 is 0 Å². The summed E-state index contributed by atoms with van der Waals surface area (Å²) in [5.74, 6) is -1.15. The largest absolute Gasteiger partial charge is 0.307 e. The Labute approximate surface area is 266 Å². The van der Waals surface area contributed by atoms with Gasteiger partial charge in [0.2, 0.25) is 11.8 Å². The van der Waals surface area contributed by atoms with Crippen molar-refractivity contribution < 1.29 is 14.4 Å². The Kier molecular flexibility index (Phi) is 11.9. The third kappa shape index (κ3) is 8.31. The molecule has 0 atom stereocenters. The van der Waals surface area contributed by atoms with Crippen molar-refractivity contribution >= 4 is 64.0 Å². The zero-order valence-corrected chi connectivity index (χ0v) is 26.6. The van der Waals surface area contributed by atoms with Gasteiger partial charge in [-0.15, -0.1) is 0 Å². The van der Waals surface area contributed by atoms with E-state index in [9.17, 15) is 19.2 Å². The number of carbonyl (C=O) groups excluding carboxylic acids is 3. The van der Waals surface area contributed by atoms with Crippen LogP contribution in [0.1, 0.15) is 99.9 Å². The number of halogens is 3. The van der Waals surface area contributed by atoms with Crippen molar-refractivity contribution in [3.63, 3.8) is 0 Å². The van der Waals surface area contributed by atoms with Gasteiger partial charge in [0, 0.05) is 23.9 Å². The summed E-state index contributed by atoms with van der Waals surface area (Å²) in [5, 5.41) is 6.10. The van der Waals surface area contributed by atoms with Crippen LogP contribution in [0.4, 0.5) is 11.5 Å². The Bertz CT molecular complexity index is 1490. The first-order valence-corrected chi connectivity index (χ1v) is 16.1. The van der Waals surface area contributed by atoms with E-state index in [-0.39, 0.29) is 51.8 Å². The fourth-order valence-corrected chi connectivity index (χ4v) is 6.42. The number of carbonyl (C=O) groups is 3. The number of nitrogens with one attached hydrogen (secondary N) is 2. The number of amides is 3. The number of para-hydroxylation sites is 1. The van der Waals surface area contributed by atoms with Crippen LogP contribution in [0.2, 0.25) is 15.1 Å². The molecule has 2 aromatic carbocycles. The molecule has 0 spiro atoms. The maximum atomic E-state index is 13.6. The molecule has 1 aromatic heterocycles. The predicted octanol–water partition coefficient (Wildman–Crippen LogP) is 8.49. The number of H-pyrrole nitrogens is 1. The third-order valence-corrected chi connectivity index (χ3v) is 8.41. The molecule has 1 saturated heterocycles. The molecular formula is C32H37Cl3N4O4. The smallest absolute Gasteiger partial charge is 0.273 e. The van der Waals surface area contributed by atoms with Gasteiger partial charge < -0.3 is 5.32 Å². The molecule has 11 heteroatoms. The first kappa shape index (κ1) is 32.8. The monoisotopic (exact) mass is 646 g/mol. The number of hydrogen-bond donors (Lipinski definition) is 2. The van der Waals surface area contributed by atoms with Gasteiger partial charge in [0.25, 0.3) is 11.5 Å². The molecule has 0 saturated carbocycles. The molecule has 0 bridgehead atoms. The summed E-state index contributed by atoms with van der Waals surface area (Å²) in [6.45, 7) is 2.22. The normalized spacial score (nSPS) is 13.3. The Morgan fingerprint density at radius 1 is 0.814 bits per heavy atom. The number of imide groups is 1. The van der Waals surface area contributed by atoms with Crippen LogP contribution in [0.15, 0.2) is 41.2 Å². The second kappa shape index (κ2) is 15.6. The summed E-state index contributed by atoms with van der Waals surface area (Å²) in [6, 6.07) is 9.28. The van der Waals surface area contributed by atoms with Crippen LogP contribution in [0.25, 0.3) is 5.69 Å². The van der Waals surface area contributed by atoms with E-state index in [0.717, 1.165) is 34.4 Å². The van der Waals surface area contributed by atoms with Gasteiger partial charge in [0.15, 0.2) is 0 Å². The van der Waals surface area contributed by atoms with Crippen molar-refractivity contribution in [2.45, 2.75) is 90.4 Å². The Morgan fingerprint density at radius 2 is 1.40 bits per heavy atom. The van der Waals surface area contributed by atoms with Gasteiger partial charge in [-0.2, -0.15) is 0 Å². The van der Waals surface area contributed by atoms with Gasteiger partial charge in [-0.25, -0.2) is 9.58 Å². The highest BCUT2D eigenvalue weighted by Gasteiger charge is 2.34. The standard InChI is InChI=1S/C32H37Cl3N4O4/c1-2-3-4-5-6-7-8-9-10-11-13-21-14-12-15-23(30(21)38-27(40)16-17-28(38)41)32(43)36-26-20-29(42)39(37-26)31-24(34)18-22(33)19-25(31)35/h12,14-15,18-20,37H,2-11,13,16-17H2,1H3,(H,36,43). The lowest BCUT2D eigenvalue weighted by atomic mass is 9.99. The molecule has 1 aliphatic heterocycles. The summed E-state index contributed by atoms with van der Waals surface area (Å²) >= 11 is 18.6. The van der Waals surface area contributed by atoms with E-state index < -0.39 is 11.5 Å². The molecule has 8 nitrogen and oxygen atoms in total. The minimum Gasteiger partial charge on any atom is -0.307 e. The minimum atomic E-state index is -0.575. The van der Waals surface area contributed by atoms with E-state index in [1.807, 2.05) is 6.07 Å². The fraction of sp³-hybridized carbons (Fsp3) is 0.438. The highest BCUT2D eigenvalue weighted by atomic mass is 35.5. The van der Waals surface area contributed by atoms with Crippen LogP contribution in [0.5, 0.6) is 0 Å². The molecule has 1 aliphatic rings. The lowest BCUT2D eigenvalue weighted by Crippen LogP contribution is -2.32. The highest BCUT2D eigenvalue weighted by Crippen LogP contribution is 2.33. The van der Waals surface area contributed by atoms with Crippen molar-refractivity contribution in [3.05, 3.63) is 72.9 Å². The van der Waals surface area contributed by atoms with Crippen molar-refractivity contribution in [3.8, 4) is 5.69 Å². The average molecular weight is 648 g/mol. The van der Waals surface area contributed by atoms with Crippen LogP contribution in [0.3, 0.4) is 0 Å². The van der Waals surface area contributed by atoms with Crippen molar-refractivity contribution in [2.75, 3.05) is 10.2 Å². The number of aromatic amines is 1. The molecular weight excluding hydrogens is 611 g/mol. The van der Waals surface area contributed by atoms with Gasteiger partial charge in [0.05, 0.1) is 21.3 Å². The van der Waals surface area contributed by atoms with E-state index in [1.54, 1.807) is 12.1 Å². The molecule has 0 unspecified atom stereocenters. The lowest BCUT2D eigenvalue weighted by Gasteiger charge is -2.22. The lowest BCUT2D eigenvalue weighted by molar-refractivity contribution is -0.121. The average Bonchev–Trinajstić information content (AvgIpc) is 3.48.